The predicted molar refractivity (Wildman–Crippen MR) is 138 cm³/mol. The lowest BCUT2D eigenvalue weighted by Gasteiger charge is -2.14. The van der Waals surface area contributed by atoms with Crippen LogP contribution in [0.1, 0.15) is 24.2 Å². The summed E-state index contributed by atoms with van der Waals surface area (Å²) >= 11 is 0. The Morgan fingerprint density at radius 3 is 2.72 bits per heavy atom. The highest BCUT2D eigenvalue weighted by atomic mass is 127. The summed E-state index contributed by atoms with van der Waals surface area (Å²) in [6, 6.07) is 16.4. The van der Waals surface area contributed by atoms with Crippen LogP contribution in [-0.4, -0.2) is 35.8 Å². The summed E-state index contributed by atoms with van der Waals surface area (Å²) < 4.78 is 13.7. The summed E-state index contributed by atoms with van der Waals surface area (Å²) in [5.74, 6) is 3.19. The number of ether oxygens (including phenoxy) is 2. The molecule has 4 rings (SSSR count). The summed E-state index contributed by atoms with van der Waals surface area (Å²) in [5, 5.41) is 6.66. The fourth-order valence-electron chi connectivity index (χ4n) is 3.53. The Labute approximate surface area is 206 Å². The van der Waals surface area contributed by atoms with Crippen molar-refractivity contribution in [2.24, 2.45) is 4.99 Å². The van der Waals surface area contributed by atoms with Crippen molar-refractivity contribution in [3.8, 4) is 11.5 Å². The lowest BCUT2D eigenvalue weighted by atomic mass is 10.1. The number of nitrogens with zero attached hydrogens (tertiary/aromatic N) is 3. The van der Waals surface area contributed by atoms with Crippen LogP contribution in [0.4, 0.5) is 5.69 Å². The summed E-state index contributed by atoms with van der Waals surface area (Å²) in [4.78, 5) is 8.83. The molecule has 0 atom stereocenters. The Balaban J connectivity index is 0.00000289. The number of anilines is 1. The number of rotatable bonds is 7. The number of benzene rings is 2. The van der Waals surface area contributed by atoms with Crippen molar-refractivity contribution in [2.45, 2.75) is 32.4 Å². The first-order valence-corrected chi connectivity index (χ1v) is 10.7. The molecule has 0 spiro atoms. The van der Waals surface area contributed by atoms with Crippen LogP contribution in [0.2, 0.25) is 0 Å². The first-order chi connectivity index (χ1) is 15.3. The van der Waals surface area contributed by atoms with Gasteiger partial charge in [0.1, 0.15) is 5.82 Å². The number of guanidine groups is 1. The van der Waals surface area contributed by atoms with E-state index in [0.29, 0.717) is 25.7 Å². The first kappa shape index (κ1) is 23.9. The van der Waals surface area contributed by atoms with Gasteiger partial charge in [-0.2, -0.15) is 0 Å². The third-order valence-corrected chi connectivity index (χ3v) is 5.16. The van der Waals surface area contributed by atoms with Crippen molar-refractivity contribution < 1.29 is 9.47 Å². The first-order valence-electron chi connectivity index (χ1n) is 10.7. The van der Waals surface area contributed by atoms with Crippen LogP contribution in [0.15, 0.2) is 65.9 Å². The lowest BCUT2D eigenvalue weighted by Crippen LogP contribution is -2.31. The van der Waals surface area contributed by atoms with Crippen molar-refractivity contribution in [1.29, 1.82) is 0 Å². The molecule has 32 heavy (non-hydrogen) atoms. The van der Waals surface area contributed by atoms with Crippen molar-refractivity contribution >= 4 is 35.6 Å². The number of hydrogen-bond acceptors (Lipinski definition) is 4. The van der Waals surface area contributed by atoms with Gasteiger partial charge in [-0.1, -0.05) is 30.3 Å². The summed E-state index contributed by atoms with van der Waals surface area (Å²) in [7, 11) is 1.75. The quantitative estimate of drug-likeness (QED) is 0.259. The van der Waals surface area contributed by atoms with Crippen LogP contribution in [0, 0.1) is 0 Å². The Kier molecular flexibility index (Phi) is 9.21. The van der Waals surface area contributed by atoms with E-state index in [0.717, 1.165) is 48.8 Å². The molecule has 170 valence electrons. The van der Waals surface area contributed by atoms with Crippen LogP contribution in [-0.2, 0) is 19.5 Å². The van der Waals surface area contributed by atoms with Gasteiger partial charge in [-0.25, -0.2) is 4.98 Å². The van der Waals surface area contributed by atoms with Gasteiger partial charge in [0.2, 0.25) is 0 Å². The minimum atomic E-state index is 0. The minimum Gasteiger partial charge on any atom is -0.490 e. The van der Waals surface area contributed by atoms with Gasteiger partial charge in [-0.3, -0.25) is 4.99 Å². The molecule has 8 heteroatoms. The van der Waals surface area contributed by atoms with E-state index in [1.54, 1.807) is 7.05 Å². The van der Waals surface area contributed by atoms with E-state index in [2.05, 4.69) is 55.5 Å². The van der Waals surface area contributed by atoms with Gasteiger partial charge in [-0.15, -0.1) is 24.0 Å². The minimum absolute atomic E-state index is 0. The van der Waals surface area contributed by atoms with E-state index in [4.69, 9.17) is 9.47 Å². The summed E-state index contributed by atoms with van der Waals surface area (Å²) in [6.07, 6.45) is 6.89. The standard InChI is InChI=1S/C24H29N5O2.HI/c1-25-24(28-20-10-11-21-22(17-20)31-16-6-15-30-21)27-18-23-26-12-14-29(23)13-5-9-19-7-3-2-4-8-19;/h2-4,7-8,10-12,14,17H,5-6,9,13,15-16,18H2,1H3,(H2,25,27,28);1H. The molecule has 0 bridgehead atoms. The molecule has 3 aromatic rings. The Morgan fingerprint density at radius 1 is 1.09 bits per heavy atom. The number of hydrogen-bond donors (Lipinski definition) is 2. The molecule has 0 radical (unpaired) electrons. The van der Waals surface area contributed by atoms with Crippen molar-refractivity contribution in [2.75, 3.05) is 25.6 Å². The molecular weight excluding hydrogens is 517 g/mol. The molecule has 0 aliphatic carbocycles. The van der Waals surface area contributed by atoms with Gasteiger partial charge in [0.25, 0.3) is 0 Å². The molecule has 1 aliphatic heterocycles. The number of aromatic nitrogens is 2. The number of aliphatic imine (C=N–C) groups is 1. The number of halogens is 1. The van der Waals surface area contributed by atoms with Crippen molar-refractivity contribution in [3.63, 3.8) is 0 Å². The van der Waals surface area contributed by atoms with Crippen LogP contribution in [0.5, 0.6) is 11.5 Å². The third kappa shape index (κ3) is 6.62. The normalized spacial score (nSPS) is 13.1. The predicted octanol–water partition coefficient (Wildman–Crippen LogP) is 4.48. The SMILES string of the molecule is CN=C(NCc1nccn1CCCc1ccccc1)Nc1ccc2c(c1)OCCCO2.I. The highest BCUT2D eigenvalue weighted by molar-refractivity contribution is 14.0. The molecule has 0 saturated carbocycles. The maximum Gasteiger partial charge on any atom is 0.195 e. The smallest absolute Gasteiger partial charge is 0.195 e. The second kappa shape index (κ2) is 12.3. The molecule has 2 aromatic carbocycles. The molecule has 0 amide bonds. The molecule has 0 fully saturated rings. The monoisotopic (exact) mass is 547 g/mol. The zero-order valence-corrected chi connectivity index (χ0v) is 20.6. The van der Waals surface area contributed by atoms with E-state index in [1.807, 2.05) is 30.6 Å². The second-order valence-corrected chi connectivity index (χ2v) is 7.39. The fourth-order valence-corrected chi connectivity index (χ4v) is 3.53. The summed E-state index contributed by atoms with van der Waals surface area (Å²) in [5.41, 5.74) is 2.26. The van der Waals surface area contributed by atoms with Gasteiger partial charge in [0.05, 0.1) is 19.8 Å². The topological polar surface area (TPSA) is 72.7 Å². The second-order valence-electron chi connectivity index (χ2n) is 7.39. The van der Waals surface area contributed by atoms with E-state index < -0.39 is 0 Å². The highest BCUT2D eigenvalue weighted by Gasteiger charge is 2.12. The maximum atomic E-state index is 5.77. The van der Waals surface area contributed by atoms with E-state index in [1.165, 1.54) is 5.56 Å². The molecule has 1 aromatic heterocycles. The average molecular weight is 547 g/mol. The third-order valence-electron chi connectivity index (χ3n) is 5.16. The highest BCUT2D eigenvalue weighted by Crippen LogP contribution is 2.32. The Hall–Kier alpha value is -2.75. The van der Waals surface area contributed by atoms with E-state index >= 15 is 0 Å². The van der Waals surface area contributed by atoms with Gasteiger partial charge >= 0.3 is 0 Å². The van der Waals surface area contributed by atoms with Gasteiger partial charge < -0.3 is 24.7 Å². The molecular formula is C24H30IN5O2. The number of fused-ring (bicyclic) bond motifs is 1. The fraction of sp³-hybridized carbons (Fsp3) is 0.333. The Morgan fingerprint density at radius 2 is 1.91 bits per heavy atom. The van der Waals surface area contributed by atoms with Crippen LogP contribution >= 0.6 is 24.0 Å². The van der Waals surface area contributed by atoms with Crippen LogP contribution in [0.25, 0.3) is 0 Å². The zero-order chi connectivity index (χ0) is 21.3. The zero-order valence-electron chi connectivity index (χ0n) is 18.3. The largest absolute Gasteiger partial charge is 0.490 e. The van der Waals surface area contributed by atoms with Crippen molar-refractivity contribution in [3.05, 3.63) is 72.3 Å². The van der Waals surface area contributed by atoms with Crippen molar-refractivity contribution in [1.82, 2.24) is 14.9 Å². The average Bonchev–Trinajstić information content (AvgIpc) is 3.12. The lowest BCUT2D eigenvalue weighted by molar-refractivity contribution is 0.297. The number of imidazole rings is 1. The van der Waals surface area contributed by atoms with Crippen LogP contribution < -0.4 is 20.1 Å². The molecule has 7 nitrogen and oxygen atoms in total. The summed E-state index contributed by atoms with van der Waals surface area (Å²) in [6.45, 7) is 2.86. The van der Waals surface area contributed by atoms with Gasteiger partial charge in [0.15, 0.2) is 17.5 Å². The number of nitrogens with one attached hydrogen (secondary N) is 2. The van der Waals surface area contributed by atoms with Gasteiger partial charge in [-0.05, 0) is 30.5 Å². The van der Waals surface area contributed by atoms with Gasteiger partial charge in [0, 0.05) is 44.2 Å². The van der Waals surface area contributed by atoms with E-state index in [-0.39, 0.29) is 24.0 Å². The van der Waals surface area contributed by atoms with E-state index in [9.17, 15) is 0 Å². The Bertz CT molecular complexity index is 1010. The molecule has 0 saturated heterocycles. The van der Waals surface area contributed by atoms with Crippen LogP contribution in [0.3, 0.4) is 0 Å². The molecule has 2 heterocycles. The molecule has 2 N–H and O–H groups in total. The maximum absolute atomic E-state index is 5.77. The molecule has 1 aliphatic rings. The number of aryl methyl sites for hydroxylation is 2. The molecule has 0 unspecified atom stereocenters.